The first-order valence-electron chi connectivity index (χ1n) is 5.28. The zero-order chi connectivity index (χ0) is 9.97. The van der Waals surface area contributed by atoms with Crippen molar-refractivity contribution in [2.75, 3.05) is 20.1 Å². The van der Waals surface area contributed by atoms with Crippen LogP contribution in [0.2, 0.25) is 0 Å². The molecule has 14 heavy (non-hydrogen) atoms. The molecule has 0 bridgehead atoms. The molecule has 1 aromatic rings. The van der Waals surface area contributed by atoms with Gasteiger partial charge in [0, 0.05) is 18.5 Å². The van der Waals surface area contributed by atoms with E-state index in [1.165, 1.54) is 18.5 Å². The molecule has 1 heterocycles. The fraction of sp³-hybridized carbons (Fsp3) is 0.500. The van der Waals surface area contributed by atoms with Gasteiger partial charge < -0.3 is 10.6 Å². The Morgan fingerprint density at radius 3 is 2.71 bits per heavy atom. The van der Waals surface area contributed by atoms with Gasteiger partial charge in [-0.1, -0.05) is 30.3 Å². The summed E-state index contributed by atoms with van der Waals surface area (Å²) in [7, 11) is 2.17. The fourth-order valence-electron chi connectivity index (χ4n) is 2.44. The van der Waals surface area contributed by atoms with Crippen molar-refractivity contribution in [1.82, 2.24) is 4.90 Å². The fourth-order valence-corrected chi connectivity index (χ4v) is 2.44. The van der Waals surface area contributed by atoms with Gasteiger partial charge in [-0.2, -0.15) is 0 Å². The smallest absolute Gasteiger partial charge is 0.0284 e. The van der Waals surface area contributed by atoms with E-state index in [0.29, 0.717) is 12.0 Å². The van der Waals surface area contributed by atoms with Gasteiger partial charge in [0.1, 0.15) is 0 Å². The summed E-state index contributed by atoms with van der Waals surface area (Å²) in [5.74, 6) is 0.631. The summed E-state index contributed by atoms with van der Waals surface area (Å²) in [6, 6.07) is 11.2. The minimum absolute atomic E-state index is 0.525. The molecule has 2 heteroatoms. The Kier molecular flexibility index (Phi) is 2.85. The average molecular weight is 190 g/mol. The van der Waals surface area contributed by atoms with Gasteiger partial charge in [0.05, 0.1) is 0 Å². The van der Waals surface area contributed by atoms with Crippen LogP contribution in [0.3, 0.4) is 0 Å². The van der Waals surface area contributed by atoms with Crippen molar-refractivity contribution in [2.24, 2.45) is 5.73 Å². The normalized spacial score (nSPS) is 28.1. The lowest BCUT2D eigenvalue weighted by Crippen LogP contribution is -2.35. The largest absolute Gasteiger partial charge is 0.329 e. The van der Waals surface area contributed by atoms with Crippen LogP contribution in [0.4, 0.5) is 0 Å². The van der Waals surface area contributed by atoms with Gasteiger partial charge in [-0.15, -0.1) is 0 Å². The van der Waals surface area contributed by atoms with Crippen LogP contribution in [0.5, 0.6) is 0 Å². The van der Waals surface area contributed by atoms with Crippen molar-refractivity contribution >= 4 is 0 Å². The minimum atomic E-state index is 0.525. The zero-order valence-corrected chi connectivity index (χ0v) is 8.69. The molecule has 2 rings (SSSR count). The molecule has 0 saturated carbocycles. The molecule has 1 aromatic carbocycles. The van der Waals surface area contributed by atoms with Crippen LogP contribution in [0.1, 0.15) is 17.9 Å². The van der Waals surface area contributed by atoms with E-state index in [1.807, 2.05) is 0 Å². The SMILES string of the molecule is CN1CCC(c2ccccc2)C1CN. The van der Waals surface area contributed by atoms with Crippen LogP contribution >= 0.6 is 0 Å². The number of nitrogens with two attached hydrogens (primary N) is 1. The van der Waals surface area contributed by atoms with Crippen molar-refractivity contribution in [3.63, 3.8) is 0 Å². The summed E-state index contributed by atoms with van der Waals surface area (Å²) in [6.07, 6.45) is 1.24. The Labute approximate surface area is 85.7 Å². The van der Waals surface area contributed by atoms with Gasteiger partial charge >= 0.3 is 0 Å². The number of likely N-dealkylation sites (tertiary alicyclic amines) is 1. The third-order valence-electron chi connectivity index (χ3n) is 3.29. The third-order valence-corrected chi connectivity index (χ3v) is 3.29. The summed E-state index contributed by atoms with van der Waals surface area (Å²) < 4.78 is 0. The molecule has 2 atom stereocenters. The first kappa shape index (κ1) is 9.69. The Morgan fingerprint density at radius 2 is 2.07 bits per heavy atom. The van der Waals surface area contributed by atoms with E-state index in [0.717, 1.165) is 6.54 Å². The van der Waals surface area contributed by atoms with Crippen LogP contribution in [0, 0.1) is 0 Å². The van der Waals surface area contributed by atoms with Gasteiger partial charge in [0.25, 0.3) is 0 Å². The Bertz CT molecular complexity index is 284. The summed E-state index contributed by atoms with van der Waals surface area (Å²) in [4.78, 5) is 2.37. The maximum Gasteiger partial charge on any atom is 0.0284 e. The highest BCUT2D eigenvalue weighted by Crippen LogP contribution is 2.31. The number of likely N-dealkylation sites (N-methyl/N-ethyl adjacent to an activating group) is 1. The second kappa shape index (κ2) is 4.11. The quantitative estimate of drug-likeness (QED) is 0.764. The van der Waals surface area contributed by atoms with Gasteiger partial charge in [0.2, 0.25) is 0 Å². The number of benzene rings is 1. The standard InChI is InChI=1S/C12H18N2/c1-14-8-7-11(12(14)9-13)10-5-3-2-4-6-10/h2-6,11-12H,7-9,13H2,1H3. The lowest BCUT2D eigenvalue weighted by molar-refractivity contribution is 0.304. The van der Waals surface area contributed by atoms with Crippen LogP contribution in [0.25, 0.3) is 0 Å². The third kappa shape index (κ3) is 1.68. The number of hydrogen-bond acceptors (Lipinski definition) is 2. The molecule has 1 saturated heterocycles. The van der Waals surface area contributed by atoms with E-state index in [1.54, 1.807) is 0 Å². The highest BCUT2D eigenvalue weighted by molar-refractivity contribution is 5.22. The molecule has 0 aromatic heterocycles. The molecule has 1 aliphatic rings. The number of hydrogen-bond donors (Lipinski definition) is 1. The van der Waals surface area contributed by atoms with Crippen molar-refractivity contribution in [1.29, 1.82) is 0 Å². The van der Waals surface area contributed by atoms with E-state index >= 15 is 0 Å². The van der Waals surface area contributed by atoms with Crippen LogP contribution < -0.4 is 5.73 Å². The minimum Gasteiger partial charge on any atom is -0.329 e. The molecule has 1 aliphatic heterocycles. The van der Waals surface area contributed by atoms with E-state index in [2.05, 4.69) is 42.3 Å². The van der Waals surface area contributed by atoms with E-state index in [4.69, 9.17) is 5.73 Å². The summed E-state index contributed by atoms with van der Waals surface area (Å²) in [5.41, 5.74) is 7.25. The van der Waals surface area contributed by atoms with Crippen LogP contribution in [-0.4, -0.2) is 31.1 Å². The molecule has 2 unspecified atom stereocenters. The Morgan fingerprint density at radius 1 is 1.36 bits per heavy atom. The van der Waals surface area contributed by atoms with Gasteiger partial charge in [-0.25, -0.2) is 0 Å². The summed E-state index contributed by atoms with van der Waals surface area (Å²) in [6.45, 7) is 1.93. The first-order valence-corrected chi connectivity index (χ1v) is 5.28. The van der Waals surface area contributed by atoms with Crippen LogP contribution in [0.15, 0.2) is 30.3 Å². The molecule has 2 N–H and O–H groups in total. The van der Waals surface area contributed by atoms with Crippen molar-refractivity contribution in [3.05, 3.63) is 35.9 Å². The maximum atomic E-state index is 5.81. The van der Waals surface area contributed by atoms with Crippen LogP contribution in [-0.2, 0) is 0 Å². The number of rotatable bonds is 2. The van der Waals surface area contributed by atoms with Crippen molar-refractivity contribution in [3.8, 4) is 0 Å². The molecule has 0 radical (unpaired) electrons. The molecule has 76 valence electrons. The molecular weight excluding hydrogens is 172 g/mol. The highest BCUT2D eigenvalue weighted by Gasteiger charge is 2.31. The lowest BCUT2D eigenvalue weighted by Gasteiger charge is -2.23. The second-order valence-corrected chi connectivity index (χ2v) is 4.09. The predicted molar refractivity (Wildman–Crippen MR) is 59.3 cm³/mol. The van der Waals surface area contributed by atoms with Gasteiger partial charge in [0.15, 0.2) is 0 Å². The molecule has 0 spiro atoms. The predicted octanol–water partition coefficient (Wildman–Crippen LogP) is 1.43. The summed E-state index contributed by atoms with van der Waals surface area (Å²) >= 11 is 0. The monoisotopic (exact) mass is 190 g/mol. The van der Waals surface area contributed by atoms with Crippen molar-refractivity contribution < 1.29 is 0 Å². The second-order valence-electron chi connectivity index (χ2n) is 4.09. The molecular formula is C12H18N2. The number of nitrogens with zero attached hydrogens (tertiary/aromatic N) is 1. The molecule has 1 fully saturated rings. The van der Waals surface area contributed by atoms with E-state index in [-0.39, 0.29) is 0 Å². The van der Waals surface area contributed by atoms with E-state index < -0.39 is 0 Å². The summed E-state index contributed by atoms with van der Waals surface area (Å²) in [5, 5.41) is 0. The topological polar surface area (TPSA) is 29.3 Å². The Balaban J connectivity index is 2.19. The zero-order valence-electron chi connectivity index (χ0n) is 8.69. The Hall–Kier alpha value is -0.860. The van der Waals surface area contributed by atoms with Crippen molar-refractivity contribution in [2.45, 2.75) is 18.4 Å². The van der Waals surface area contributed by atoms with E-state index in [9.17, 15) is 0 Å². The molecule has 0 amide bonds. The lowest BCUT2D eigenvalue weighted by atomic mass is 9.92. The molecule has 2 nitrogen and oxygen atoms in total. The average Bonchev–Trinajstić information content (AvgIpc) is 2.61. The maximum absolute atomic E-state index is 5.81. The first-order chi connectivity index (χ1) is 6.83. The molecule has 0 aliphatic carbocycles. The van der Waals surface area contributed by atoms with Gasteiger partial charge in [-0.3, -0.25) is 0 Å². The highest BCUT2D eigenvalue weighted by atomic mass is 15.2. The van der Waals surface area contributed by atoms with Gasteiger partial charge in [-0.05, 0) is 25.6 Å².